The van der Waals surface area contributed by atoms with Crippen molar-refractivity contribution in [2.24, 2.45) is 0 Å². The van der Waals surface area contributed by atoms with E-state index in [1.165, 1.54) is 18.2 Å². The molecule has 0 aliphatic rings. The highest BCUT2D eigenvalue weighted by molar-refractivity contribution is 6.04. The van der Waals surface area contributed by atoms with Gasteiger partial charge >= 0.3 is 0 Å². The molecule has 0 saturated heterocycles. The summed E-state index contributed by atoms with van der Waals surface area (Å²) in [6.07, 6.45) is 0. The minimum absolute atomic E-state index is 0.256. The monoisotopic (exact) mass is 303 g/mol. The van der Waals surface area contributed by atoms with Gasteiger partial charge in [-0.15, -0.1) is 0 Å². The second-order valence-electron chi connectivity index (χ2n) is 4.49. The van der Waals surface area contributed by atoms with Crippen LogP contribution in [0.15, 0.2) is 42.5 Å². The molecule has 0 aliphatic carbocycles. The van der Waals surface area contributed by atoms with Crippen LogP contribution in [0.4, 0.5) is 10.1 Å². The predicted octanol–water partition coefficient (Wildman–Crippen LogP) is 3.88. The van der Waals surface area contributed by atoms with E-state index in [-0.39, 0.29) is 11.5 Å². The predicted molar refractivity (Wildman–Crippen MR) is 83.1 cm³/mol. The van der Waals surface area contributed by atoms with Crippen LogP contribution in [0.2, 0.25) is 0 Å². The van der Waals surface area contributed by atoms with E-state index in [1.807, 2.05) is 13.8 Å². The van der Waals surface area contributed by atoms with Crippen molar-refractivity contribution in [3.63, 3.8) is 0 Å². The minimum Gasteiger partial charge on any atom is -0.490 e. The Hall–Kier alpha value is -2.56. The molecule has 5 heteroatoms. The van der Waals surface area contributed by atoms with Gasteiger partial charge in [0.2, 0.25) is 0 Å². The van der Waals surface area contributed by atoms with Gasteiger partial charge in [0, 0.05) is 17.3 Å². The Morgan fingerprint density at radius 2 is 1.77 bits per heavy atom. The van der Waals surface area contributed by atoms with Gasteiger partial charge in [0.15, 0.2) is 11.5 Å². The second kappa shape index (κ2) is 7.45. The summed E-state index contributed by atoms with van der Waals surface area (Å²) >= 11 is 0. The number of carbonyl (C=O) groups excluding carboxylic acids is 1. The van der Waals surface area contributed by atoms with Crippen molar-refractivity contribution in [3.8, 4) is 11.5 Å². The number of halogens is 1. The topological polar surface area (TPSA) is 47.6 Å². The fourth-order valence-electron chi connectivity index (χ4n) is 1.96. The van der Waals surface area contributed by atoms with Crippen molar-refractivity contribution in [1.82, 2.24) is 0 Å². The third kappa shape index (κ3) is 3.97. The zero-order valence-corrected chi connectivity index (χ0v) is 12.6. The summed E-state index contributed by atoms with van der Waals surface area (Å²) in [4.78, 5) is 12.1. The molecule has 0 atom stereocenters. The highest BCUT2D eigenvalue weighted by Crippen LogP contribution is 2.30. The van der Waals surface area contributed by atoms with Gasteiger partial charge in [-0.25, -0.2) is 4.39 Å². The summed E-state index contributed by atoms with van der Waals surface area (Å²) in [5, 5.41) is 2.71. The number of hydrogen-bond donors (Lipinski definition) is 1. The molecule has 0 aromatic heterocycles. The Morgan fingerprint density at radius 1 is 1.05 bits per heavy atom. The standard InChI is InChI=1S/C17H18FNO3/c1-3-21-15-9-8-14(11-16(15)22-4-2)19-17(20)12-6-5-7-13(18)10-12/h5-11H,3-4H2,1-2H3,(H,19,20). The van der Waals surface area contributed by atoms with Gasteiger partial charge in [-0.3, -0.25) is 4.79 Å². The molecule has 0 bridgehead atoms. The fourth-order valence-corrected chi connectivity index (χ4v) is 1.96. The molecule has 0 aliphatic heterocycles. The van der Waals surface area contributed by atoms with E-state index in [4.69, 9.17) is 9.47 Å². The summed E-state index contributed by atoms with van der Waals surface area (Å²) in [5.41, 5.74) is 0.813. The average Bonchev–Trinajstić information content (AvgIpc) is 2.50. The molecule has 2 aromatic rings. The lowest BCUT2D eigenvalue weighted by molar-refractivity contribution is 0.102. The molecule has 0 heterocycles. The van der Waals surface area contributed by atoms with Crippen LogP contribution < -0.4 is 14.8 Å². The molecular weight excluding hydrogens is 285 g/mol. The van der Waals surface area contributed by atoms with Crippen LogP contribution >= 0.6 is 0 Å². The van der Waals surface area contributed by atoms with Crippen LogP contribution in [-0.2, 0) is 0 Å². The SMILES string of the molecule is CCOc1ccc(NC(=O)c2cccc(F)c2)cc1OCC. The van der Waals surface area contributed by atoms with Gasteiger partial charge in [-0.05, 0) is 44.2 Å². The smallest absolute Gasteiger partial charge is 0.255 e. The summed E-state index contributed by atoms with van der Waals surface area (Å²) < 4.78 is 24.1. The van der Waals surface area contributed by atoms with E-state index in [0.29, 0.717) is 30.4 Å². The number of ether oxygens (including phenoxy) is 2. The zero-order chi connectivity index (χ0) is 15.9. The van der Waals surface area contributed by atoms with Gasteiger partial charge in [-0.2, -0.15) is 0 Å². The van der Waals surface area contributed by atoms with E-state index in [1.54, 1.807) is 24.3 Å². The molecule has 2 rings (SSSR count). The summed E-state index contributed by atoms with van der Waals surface area (Å²) in [6, 6.07) is 10.7. The first kappa shape index (κ1) is 15.8. The van der Waals surface area contributed by atoms with Gasteiger partial charge in [0.25, 0.3) is 5.91 Å². The van der Waals surface area contributed by atoms with E-state index < -0.39 is 5.82 Å². The number of nitrogens with one attached hydrogen (secondary N) is 1. The highest BCUT2D eigenvalue weighted by Gasteiger charge is 2.10. The molecule has 0 saturated carbocycles. The number of benzene rings is 2. The molecule has 1 amide bonds. The first-order valence-corrected chi connectivity index (χ1v) is 7.10. The van der Waals surface area contributed by atoms with Crippen LogP contribution in [-0.4, -0.2) is 19.1 Å². The van der Waals surface area contributed by atoms with Gasteiger partial charge < -0.3 is 14.8 Å². The third-order valence-electron chi connectivity index (χ3n) is 2.89. The first-order chi connectivity index (χ1) is 10.6. The molecule has 0 fully saturated rings. The maximum atomic E-state index is 13.2. The van der Waals surface area contributed by atoms with Gasteiger partial charge in [-0.1, -0.05) is 6.07 Å². The van der Waals surface area contributed by atoms with E-state index in [2.05, 4.69) is 5.32 Å². The first-order valence-electron chi connectivity index (χ1n) is 7.10. The van der Waals surface area contributed by atoms with Crippen molar-refractivity contribution >= 4 is 11.6 Å². The molecule has 22 heavy (non-hydrogen) atoms. The third-order valence-corrected chi connectivity index (χ3v) is 2.89. The lowest BCUT2D eigenvalue weighted by atomic mass is 10.2. The Labute approximate surface area is 128 Å². The molecule has 2 aromatic carbocycles. The lowest BCUT2D eigenvalue weighted by Gasteiger charge is -2.13. The van der Waals surface area contributed by atoms with E-state index in [9.17, 15) is 9.18 Å². The van der Waals surface area contributed by atoms with Crippen LogP contribution in [0, 0.1) is 5.82 Å². The number of amides is 1. The Bertz CT molecular complexity index is 658. The number of hydrogen-bond acceptors (Lipinski definition) is 3. The van der Waals surface area contributed by atoms with Gasteiger partial charge in [0.1, 0.15) is 5.82 Å². The summed E-state index contributed by atoms with van der Waals surface area (Å²) in [5.74, 6) is 0.343. The zero-order valence-electron chi connectivity index (χ0n) is 12.6. The summed E-state index contributed by atoms with van der Waals surface area (Å²) in [6.45, 7) is 4.76. The Morgan fingerprint density at radius 3 is 2.45 bits per heavy atom. The Balaban J connectivity index is 2.18. The van der Waals surface area contributed by atoms with Crippen LogP contribution in [0.5, 0.6) is 11.5 Å². The minimum atomic E-state index is -0.450. The molecule has 1 N–H and O–H groups in total. The van der Waals surface area contributed by atoms with Crippen molar-refractivity contribution in [2.75, 3.05) is 18.5 Å². The number of carbonyl (C=O) groups is 1. The summed E-state index contributed by atoms with van der Waals surface area (Å²) in [7, 11) is 0. The van der Waals surface area contributed by atoms with Gasteiger partial charge in [0.05, 0.1) is 13.2 Å². The van der Waals surface area contributed by atoms with Crippen LogP contribution in [0.25, 0.3) is 0 Å². The number of rotatable bonds is 6. The van der Waals surface area contributed by atoms with Crippen molar-refractivity contribution in [3.05, 3.63) is 53.8 Å². The quantitative estimate of drug-likeness (QED) is 0.881. The second-order valence-corrected chi connectivity index (χ2v) is 4.49. The van der Waals surface area contributed by atoms with Crippen LogP contribution in [0.1, 0.15) is 24.2 Å². The molecule has 116 valence electrons. The van der Waals surface area contributed by atoms with E-state index in [0.717, 1.165) is 0 Å². The highest BCUT2D eigenvalue weighted by atomic mass is 19.1. The van der Waals surface area contributed by atoms with Crippen molar-refractivity contribution in [2.45, 2.75) is 13.8 Å². The molecule has 4 nitrogen and oxygen atoms in total. The van der Waals surface area contributed by atoms with E-state index >= 15 is 0 Å². The maximum Gasteiger partial charge on any atom is 0.255 e. The van der Waals surface area contributed by atoms with Crippen molar-refractivity contribution in [1.29, 1.82) is 0 Å². The lowest BCUT2D eigenvalue weighted by Crippen LogP contribution is -2.12. The molecule has 0 unspecified atom stereocenters. The maximum absolute atomic E-state index is 13.2. The van der Waals surface area contributed by atoms with Crippen LogP contribution in [0.3, 0.4) is 0 Å². The average molecular weight is 303 g/mol. The fraction of sp³-hybridized carbons (Fsp3) is 0.235. The largest absolute Gasteiger partial charge is 0.490 e. The molecule has 0 spiro atoms. The number of anilines is 1. The molecular formula is C17H18FNO3. The molecule has 0 radical (unpaired) electrons. The Kier molecular flexibility index (Phi) is 5.36. The normalized spacial score (nSPS) is 10.1. The van der Waals surface area contributed by atoms with Crippen molar-refractivity contribution < 1.29 is 18.7 Å².